The Kier molecular flexibility index (Phi) is 1.69. The molecule has 2 fully saturated rings. The third-order valence-corrected chi connectivity index (χ3v) is 4.05. The van der Waals surface area contributed by atoms with Gasteiger partial charge in [-0.3, -0.25) is 0 Å². The summed E-state index contributed by atoms with van der Waals surface area (Å²) in [6.45, 7) is 0. The summed E-state index contributed by atoms with van der Waals surface area (Å²) < 4.78 is 0. The Morgan fingerprint density at radius 3 is 2.93 bits per heavy atom. The summed E-state index contributed by atoms with van der Waals surface area (Å²) in [6.07, 6.45) is 2.98. The Bertz CT molecular complexity index is 448. The van der Waals surface area contributed by atoms with Gasteiger partial charge in [0, 0.05) is 5.41 Å². The fourth-order valence-corrected chi connectivity index (χ4v) is 3.11. The first-order valence-corrected chi connectivity index (χ1v) is 5.45. The molecule has 0 spiro atoms. The minimum atomic E-state index is -0.115. The summed E-state index contributed by atoms with van der Waals surface area (Å²) in [5.74, 6) is 0.450. The molecular weight excluding hydrogens is 186 g/mol. The van der Waals surface area contributed by atoms with Crippen LogP contribution < -0.4 is 0 Å². The highest BCUT2D eigenvalue weighted by Gasteiger charge is 2.62. The summed E-state index contributed by atoms with van der Waals surface area (Å²) >= 11 is 0. The van der Waals surface area contributed by atoms with Crippen LogP contribution in [0.1, 0.15) is 30.4 Å². The summed E-state index contributed by atoms with van der Waals surface area (Å²) in [7, 11) is 0. The molecule has 0 radical (unpaired) electrons. The first-order chi connectivity index (χ1) is 7.26. The fraction of sp³-hybridized carbons (Fsp3) is 0.462. The van der Waals surface area contributed by atoms with E-state index in [0.29, 0.717) is 5.92 Å². The molecule has 2 nitrogen and oxygen atoms in total. The van der Waals surface area contributed by atoms with Gasteiger partial charge >= 0.3 is 0 Å². The predicted octanol–water partition coefficient (Wildman–Crippen LogP) is 1.97. The van der Waals surface area contributed by atoms with E-state index in [1.807, 2.05) is 18.2 Å². The van der Waals surface area contributed by atoms with Crippen LogP contribution in [-0.4, -0.2) is 11.2 Å². The van der Waals surface area contributed by atoms with E-state index < -0.39 is 0 Å². The number of aliphatic hydroxyl groups is 1. The third-order valence-electron chi connectivity index (χ3n) is 4.05. The Hall–Kier alpha value is -1.33. The zero-order chi connectivity index (χ0) is 10.5. The molecule has 0 bridgehead atoms. The molecule has 0 saturated heterocycles. The normalized spacial score (nSPS) is 37.1. The van der Waals surface area contributed by atoms with Crippen molar-refractivity contribution in [3.8, 4) is 6.07 Å². The van der Waals surface area contributed by atoms with E-state index >= 15 is 0 Å². The zero-order valence-electron chi connectivity index (χ0n) is 8.48. The van der Waals surface area contributed by atoms with Crippen molar-refractivity contribution in [1.29, 1.82) is 5.26 Å². The SMILES string of the molecule is N#Cc1cccc([C@@]23CC[C@H](O)[C@@H]2C3)c1. The van der Waals surface area contributed by atoms with Crippen molar-refractivity contribution in [1.82, 2.24) is 0 Å². The molecule has 0 unspecified atom stereocenters. The van der Waals surface area contributed by atoms with Gasteiger partial charge in [0.05, 0.1) is 17.7 Å². The maximum atomic E-state index is 9.73. The van der Waals surface area contributed by atoms with Crippen LogP contribution >= 0.6 is 0 Å². The fourth-order valence-electron chi connectivity index (χ4n) is 3.11. The van der Waals surface area contributed by atoms with Crippen molar-refractivity contribution >= 4 is 0 Å². The second-order valence-corrected chi connectivity index (χ2v) is 4.77. The Balaban J connectivity index is 1.98. The van der Waals surface area contributed by atoms with E-state index in [1.54, 1.807) is 0 Å². The van der Waals surface area contributed by atoms with E-state index in [2.05, 4.69) is 12.1 Å². The average molecular weight is 199 g/mol. The van der Waals surface area contributed by atoms with Crippen LogP contribution in [0.2, 0.25) is 0 Å². The van der Waals surface area contributed by atoms with Crippen molar-refractivity contribution in [3.05, 3.63) is 35.4 Å². The van der Waals surface area contributed by atoms with Crippen LogP contribution in [0.3, 0.4) is 0 Å². The van der Waals surface area contributed by atoms with Crippen LogP contribution in [0.4, 0.5) is 0 Å². The van der Waals surface area contributed by atoms with Crippen molar-refractivity contribution in [3.63, 3.8) is 0 Å². The lowest BCUT2D eigenvalue weighted by Crippen LogP contribution is -2.07. The van der Waals surface area contributed by atoms with Crippen LogP contribution in [0.25, 0.3) is 0 Å². The van der Waals surface area contributed by atoms with Gasteiger partial charge in [-0.25, -0.2) is 0 Å². The lowest BCUT2D eigenvalue weighted by Gasteiger charge is -2.11. The van der Waals surface area contributed by atoms with Crippen molar-refractivity contribution in [2.45, 2.75) is 30.8 Å². The Labute approximate surface area is 89.2 Å². The molecule has 0 heterocycles. The van der Waals surface area contributed by atoms with Gasteiger partial charge in [-0.2, -0.15) is 5.26 Å². The predicted molar refractivity (Wildman–Crippen MR) is 56.2 cm³/mol. The topological polar surface area (TPSA) is 44.0 Å². The highest BCUT2D eigenvalue weighted by molar-refractivity contribution is 5.42. The second-order valence-electron chi connectivity index (χ2n) is 4.77. The first kappa shape index (κ1) is 8.94. The van der Waals surface area contributed by atoms with Gasteiger partial charge in [0.15, 0.2) is 0 Å². The quantitative estimate of drug-likeness (QED) is 0.751. The molecule has 2 saturated carbocycles. The van der Waals surface area contributed by atoms with Crippen LogP contribution in [-0.2, 0) is 5.41 Å². The number of nitriles is 1. The van der Waals surface area contributed by atoms with Crippen molar-refractivity contribution < 1.29 is 5.11 Å². The van der Waals surface area contributed by atoms with Crippen LogP contribution in [0, 0.1) is 17.2 Å². The Morgan fingerprint density at radius 1 is 1.47 bits per heavy atom. The number of hydrogen-bond donors (Lipinski definition) is 1. The average Bonchev–Trinajstić information content (AvgIpc) is 2.95. The van der Waals surface area contributed by atoms with Gasteiger partial charge in [-0.1, -0.05) is 12.1 Å². The number of nitrogens with zero attached hydrogens (tertiary/aromatic N) is 1. The molecule has 2 aliphatic rings. The lowest BCUT2D eigenvalue weighted by molar-refractivity contribution is 0.159. The van der Waals surface area contributed by atoms with E-state index in [4.69, 9.17) is 5.26 Å². The van der Waals surface area contributed by atoms with Gasteiger partial charge in [0.1, 0.15) is 0 Å². The van der Waals surface area contributed by atoms with E-state index in [1.165, 1.54) is 5.56 Å². The van der Waals surface area contributed by atoms with E-state index in [0.717, 1.165) is 24.8 Å². The van der Waals surface area contributed by atoms with E-state index in [-0.39, 0.29) is 11.5 Å². The molecule has 3 atom stereocenters. The molecule has 1 aromatic carbocycles. The maximum Gasteiger partial charge on any atom is 0.0991 e. The number of benzene rings is 1. The molecule has 2 aliphatic carbocycles. The first-order valence-electron chi connectivity index (χ1n) is 5.45. The molecule has 1 aromatic rings. The van der Waals surface area contributed by atoms with Gasteiger partial charge in [0.25, 0.3) is 0 Å². The standard InChI is InChI=1S/C13H13NO/c14-8-9-2-1-3-10(6-9)13-5-4-12(15)11(13)7-13/h1-3,6,11-12,15H,4-5,7H2/t11-,12-,13-/m0/s1. The molecule has 0 aromatic heterocycles. The molecule has 1 N–H and O–H groups in total. The van der Waals surface area contributed by atoms with Crippen LogP contribution in [0.15, 0.2) is 24.3 Å². The molecule has 2 heteroatoms. The number of rotatable bonds is 1. The highest BCUT2D eigenvalue weighted by atomic mass is 16.3. The number of hydrogen-bond acceptors (Lipinski definition) is 2. The number of aliphatic hydroxyl groups excluding tert-OH is 1. The molecule has 0 aliphatic heterocycles. The zero-order valence-corrected chi connectivity index (χ0v) is 8.48. The second kappa shape index (κ2) is 2.84. The molecule has 3 rings (SSSR count). The summed E-state index contributed by atoms with van der Waals surface area (Å²) in [5.41, 5.74) is 2.20. The molecular formula is C13H13NO. The largest absolute Gasteiger partial charge is 0.393 e. The minimum Gasteiger partial charge on any atom is -0.393 e. The van der Waals surface area contributed by atoms with Gasteiger partial charge in [-0.05, 0) is 42.9 Å². The monoisotopic (exact) mass is 199 g/mol. The third kappa shape index (κ3) is 1.13. The molecule has 76 valence electrons. The van der Waals surface area contributed by atoms with Crippen molar-refractivity contribution in [2.75, 3.05) is 0 Å². The van der Waals surface area contributed by atoms with Gasteiger partial charge in [-0.15, -0.1) is 0 Å². The lowest BCUT2D eigenvalue weighted by atomic mass is 9.92. The summed E-state index contributed by atoms with van der Waals surface area (Å²) in [6, 6.07) is 10.0. The van der Waals surface area contributed by atoms with Crippen LogP contribution in [0.5, 0.6) is 0 Å². The minimum absolute atomic E-state index is 0.115. The maximum absolute atomic E-state index is 9.73. The van der Waals surface area contributed by atoms with E-state index in [9.17, 15) is 5.11 Å². The van der Waals surface area contributed by atoms with Gasteiger partial charge in [0.2, 0.25) is 0 Å². The molecule has 0 amide bonds. The Morgan fingerprint density at radius 2 is 2.33 bits per heavy atom. The van der Waals surface area contributed by atoms with Crippen molar-refractivity contribution in [2.24, 2.45) is 5.92 Å². The smallest absolute Gasteiger partial charge is 0.0991 e. The van der Waals surface area contributed by atoms with Gasteiger partial charge < -0.3 is 5.11 Å². The summed E-state index contributed by atoms with van der Waals surface area (Å²) in [4.78, 5) is 0. The number of fused-ring (bicyclic) bond motifs is 1. The highest BCUT2D eigenvalue weighted by Crippen LogP contribution is 2.64. The summed E-state index contributed by atoms with van der Waals surface area (Å²) in [5, 5.41) is 18.6. The molecule has 15 heavy (non-hydrogen) atoms.